The smallest absolute Gasteiger partial charge is 0.250 e. The average molecular weight is 235 g/mol. The molecule has 3 N–H and O–H groups in total. The summed E-state index contributed by atoms with van der Waals surface area (Å²) in [5.74, 6) is -2.75. The second kappa shape index (κ2) is 3.15. The second-order valence-corrected chi connectivity index (χ2v) is 5.95. The molecule has 1 aliphatic carbocycles. The van der Waals surface area contributed by atoms with Gasteiger partial charge >= 0.3 is 0 Å². The van der Waals surface area contributed by atoms with Gasteiger partial charge in [0.25, 0.3) is 0 Å². The van der Waals surface area contributed by atoms with E-state index in [0.29, 0.717) is 6.42 Å². The first-order valence-corrected chi connectivity index (χ1v) is 5.61. The van der Waals surface area contributed by atoms with Gasteiger partial charge in [-0.1, -0.05) is 0 Å². The number of alkyl halides is 2. The maximum absolute atomic E-state index is 13.2. The van der Waals surface area contributed by atoms with Gasteiger partial charge in [-0.25, -0.2) is 8.78 Å². The van der Waals surface area contributed by atoms with Crippen LogP contribution in [0.15, 0.2) is 0 Å². The zero-order valence-corrected chi connectivity index (χ0v) is 9.72. The highest BCUT2D eigenvalue weighted by Crippen LogP contribution is 2.50. The fraction of sp³-hybridized carbons (Fsp3) is 1.00. The van der Waals surface area contributed by atoms with E-state index >= 15 is 0 Å². The molecule has 2 unspecified atom stereocenters. The van der Waals surface area contributed by atoms with Gasteiger partial charge in [0.05, 0.1) is 17.7 Å². The number of nitrogens with two attached hydrogens (primary N) is 1. The van der Waals surface area contributed by atoms with Crippen molar-refractivity contribution in [3.05, 3.63) is 0 Å². The minimum atomic E-state index is -2.75. The fourth-order valence-electron chi connectivity index (χ4n) is 2.88. The summed E-state index contributed by atoms with van der Waals surface area (Å²) in [5.41, 5.74) is 2.96. The van der Waals surface area contributed by atoms with E-state index in [4.69, 9.17) is 10.5 Å². The molecular weight excluding hydrogens is 216 g/mol. The summed E-state index contributed by atoms with van der Waals surface area (Å²) in [5, 5.41) is 10.4. The molecule has 1 saturated heterocycles. The van der Waals surface area contributed by atoms with E-state index in [1.54, 1.807) is 0 Å². The molecule has 5 heteroatoms. The van der Waals surface area contributed by atoms with Crippen LogP contribution in [0.3, 0.4) is 0 Å². The predicted molar refractivity (Wildman–Crippen MR) is 55.3 cm³/mol. The van der Waals surface area contributed by atoms with Crippen LogP contribution in [0.5, 0.6) is 0 Å². The molecule has 0 aromatic rings. The Labute approximate surface area is 94.0 Å². The van der Waals surface area contributed by atoms with Gasteiger partial charge in [0.2, 0.25) is 5.92 Å². The minimum Gasteiger partial charge on any atom is -0.385 e. The normalized spacial score (nSPS) is 46.1. The van der Waals surface area contributed by atoms with E-state index < -0.39 is 29.1 Å². The fourth-order valence-corrected chi connectivity index (χ4v) is 2.88. The summed E-state index contributed by atoms with van der Waals surface area (Å²) in [6.45, 7) is 3.72. The summed E-state index contributed by atoms with van der Waals surface area (Å²) in [6, 6.07) is 0. The number of hydrogen-bond acceptors (Lipinski definition) is 3. The summed E-state index contributed by atoms with van der Waals surface area (Å²) >= 11 is 0. The molecule has 0 bridgehead atoms. The Morgan fingerprint density at radius 3 is 2.19 bits per heavy atom. The third-order valence-corrected chi connectivity index (χ3v) is 3.86. The van der Waals surface area contributed by atoms with Crippen molar-refractivity contribution >= 4 is 0 Å². The molecule has 16 heavy (non-hydrogen) atoms. The Morgan fingerprint density at radius 1 is 1.19 bits per heavy atom. The number of rotatable bonds is 1. The van der Waals surface area contributed by atoms with Gasteiger partial charge in [-0.05, 0) is 20.3 Å². The van der Waals surface area contributed by atoms with Crippen molar-refractivity contribution in [1.82, 2.24) is 0 Å². The molecule has 2 fully saturated rings. The van der Waals surface area contributed by atoms with Gasteiger partial charge in [-0.3, -0.25) is 0 Å². The van der Waals surface area contributed by atoms with Crippen molar-refractivity contribution in [1.29, 1.82) is 0 Å². The Kier molecular flexibility index (Phi) is 2.40. The second-order valence-electron chi connectivity index (χ2n) is 5.95. The molecule has 0 radical (unpaired) electrons. The lowest BCUT2D eigenvalue weighted by Gasteiger charge is -2.39. The van der Waals surface area contributed by atoms with Crippen LogP contribution >= 0.6 is 0 Å². The van der Waals surface area contributed by atoms with Gasteiger partial charge in [0.1, 0.15) is 5.60 Å². The van der Waals surface area contributed by atoms with Crippen molar-refractivity contribution in [2.24, 2.45) is 5.73 Å². The highest BCUT2D eigenvalue weighted by Gasteiger charge is 2.61. The first-order chi connectivity index (χ1) is 7.08. The van der Waals surface area contributed by atoms with Crippen LogP contribution in [0.1, 0.15) is 39.5 Å². The van der Waals surface area contributed by atoms with E-state index in [1.807, 2.05) is 13.8 Å². The van der Waals surface area contributed by atoms with Crippen LogP contribution in [0, 0.1) is 0 Å². The van der Waals surface area contributed by atoms with Crippen molar-refractivity contribution in [2.45, 2.75) is 62.2 Å². The van der Waals surface area contributed by atoms with E-state index in [1.165, 1.54) is 0 Å². The highest BCUT2D eigenvalue weighted by molar-refractivity contribution is 5.14. The van der Waals surface area contributed by atoms with Gasteiger partial charge in [0.15, 0.2) is 0 Å². The molecule has 2 aliphatic rings. The van der Waals surface area contributed by atoms with Crippen LogP contribution in [0.2, 0.25) is 0 Å². The first-order valence-electron chi connectivity index (χ1n) is 5.61. The molecular formula is C11H19F2NO2. The Morgan fingerprint density at radius 2 is 1.81 bits per heavy atom. The molecule has 1 aliphatic heterocycles. The van der Waals surface area contributed by atoms with Crippen molar-refractivity contribution in [3.63, 3.8) is 0 Å². The number of hydrogen-bond donors (Lipinski definition) is 2. The van der Waals surface area contributed by atoms with E-state index in [9.17, 15) is 13.9 Å². The van der Waals surface area contributed by atoms with Gasteiger partial charge in [-0.2, -0.15) is 0 Å². The zero-order valence-electron chi connectivity index (χ0n) is 9.72. The third-order valence-electron chi connectivity index (χ3n) is 3.86. The van der Waals surface area contributed by atoms with Crippen molar-refractivity contribution in [2.75, 3.05) is 6.61 Å². The molecule has 0 aromatic heterocycles. The maximum atomic E-state index is 13.2. The van der Waals surface area contributed by atoms with Crippen LogP contribution in [-0.4, -0.2) is 34.4 Å². The lowest BCUT2D eigenvalue weighted by molar-refractivity contribution is -0.0620. The molecule has 0 aromatic carbocycles. The molecule has 1 saturated carbocycles. The van der Waals surface area contributed by atoms with Gasteiger partial charge < -0.3 is 15.6 Å². The molecule has 1 heterocycles. The maximum Gasteiger partial charge on any atom is 0.250 e. The summed E-state index contributed by atoms with van der Waals surface area (Å²) < 4.78 is 31.9. The van der Waals surface area contributed by atoms with E-state index in [2.05, 4.69) is 0 Å². The summed E-state index contributed by atoms with van der Waals surface area (Å²) in [7, 11) is 0. The highest BCUT2D eigenvalue weighted by atomic mass is 19.3. The Balaban J connectivity index is 2.19. The number of halogens is 2. The zero-order chi connectivity index (χ0) is 12.2. The van der Waals surface area contributed by atoms with Crippen LogP contribution in [0.4, 0.5) is 8.78 Å². The summed E-state index contributed by atoms with van der Waals surface area (Å²) in [4.78, 5) is 0. The van der Waals surface area contributed by atoms with Gasteiger partial charge in [-0.15, -0.1) is 0 Å². The average Bonchev–Trinajstić information content (AvgIpc) is 2.53. The first kappa shape index (κ1) is 12.2. The quantitative estimate of drug-likeness (QED) is 0.723. The molecule has 3 nitrogen and oxygen atoms in total. The topological polar surface area (TPSA) is 55.5 Å². The minimum absolute atomic E-state index is 0.0482. The number of ether oxygens (including phenoxy) is 1. The molecule has 0 spiro atoms. The standard InChI is InChI=1S/C11H19F2NO2/c1-8(2)5-10(15,7-16-8)9(14)3-4-11(12,13)6-9/h15H,3-7,14H2,1-2H3. The lowest BCUT2D eigenvalue weighted by atomic mass is 9.75. The number of aliphatic hydroxyl groups is 1. The third kappa shape index (κ3) is 1.85. The van der Waals surface area contributed by atoms with Crippen LogP contribution in [-0.2, 0) is 4.74 Å². The van der Waals surface area contributed by atoms with Crippen molar-refractivity contribution in [3.8, 4) is 0 Å². The summed E-state index contributed by atoms with van der Waals surface area (Å²) in [6.07, 6.45) is -0.231. The molecule has 2 atom stereocenters. The van der Waals surface area contributed by atoms with Gasteiger partial charge in [0, 0.05) is 19.3 Å². The van der Waals surface area contributed by atoms with Crippen molar-refractivity contribution < 1.29 is 18.6 Å². The lowest BCUT2D eigenvalue weighted by Crippen LogP contribution is -2.60. The monoisotopic (exact) mass is 235 g/mol. The predicted octanol–water partition coefficient (Wildman–Crippen LogP) is 1.43. The Hall–Kier alpha value is -0.260. The van der Waals surface area contributed by atoms with E-state index in [-0.39, 0.29) is 19.4 Å². The van der Waals surface area contributed by atoms with Crippen LogP contribution in [0.25, 0.3) is 0 Å². The van der Waals surface area contributed by atoms with E-state index in [0.717, 1.165) is 0 Å². The largest absolute Gasteiger partial charge is 0.385 e. The molecule has 0 amide bonds. The van der Waals surface area contributed by atoms with Crippen LogP contribution < -0.4 is 5.73 Å². The SMILES string of the molecule is CC1(C)CC(O)(C2(N)CCC(F)(F)C2)CO1. The molecule has 94 valence electrons. The molecule has 2 rings (SSSR count). The Bertz CT molecular complexity index is 278.